The second-order valence-corrected chi connectivity index (χ2v) is 6.12. The summed E-state index contributed by atoms with van der Waals surface area (Å²) < 4.78 is 0. The van der Waals surface area contributed by atoms with Crippen molar-refractivity contribution in [3.8, 4) is 11.3 Å². The second kappa shape index (κ2) is 6.11. The van der Waals surface area contributed by atoms with Crippen molar-refractivity contribution >= 4 is 34.0 Å². The van der Waals surface area contributed by atoms with Crippen LogP contribution in [-0.4, -0.2) is 34.7 Å². The topological polar surface area (TPSA) is 74.2 Å². The van der Waals surface area contributed by atoms with Crippen molar-refractivity contribution in [1.29, 1.82) is 0 Å². The fourth-order valence-electron chi connectivity index (χ4n) is 2.23. The Balaban J connectivity index is 1.71. The van der Waals surface area contributed by atoms with Gasteiger partial charge in [0.25, 0.3) is 0 Å². The minimum Gasteiger partial charge on any atom is -0.392 e. The van der Waals surface area contributed by atoms with E-state index in [1.807, 2.05) is 23.6 Å². The van der Waals surface area contributed by atoms with Crippen LogP contribution in [0.25, 0.3) is 11.3 Å². The zero-order chi connectivity index (χ0) is 14.8. The number of thiazole rings is 1. The second-order valence-electron chi connectivity index (χ2n) is 4.86. The van der Waals surface area contributed by atoms with E-state index >= 15 is 0 Å². The number of nitrogens with one attached hydrogen (secondary N) is 2. The van der Waals surface area contributed by atoms with Gasteiger partial charge in [0.2, 0.25) is 5.91 Å². The number of aliphatic hydroxyl groups excluding tert-OH is 1. The molecule has 0 bridgehead atoms. The summed E-state index contributed by atoms with van der Waals surface area (Å²) in [6.45, 7) is 0.445. The maximum absolute atomic E-state index is 12.0. The smallest absolute Gasteiger partial charge is 0.243 e. The number of rotatable bonds is 3. The first-order chi connectivity index (χ1) is 10.1. The molecule has 2 unspecified atom stereocenters. The van der Waals surface area contributed by atoms with Crippen molar-refractivity contribution in [2.75, 3.05) is 11.9 Å². The van der Waals surface area contributed by atoms with Crippen molar-refractivity contribution in [2.45, 2.75) is 18.6 Å². The van der Waals surface area contributed by atoms with E-state index in [1.165, 1.54) is 11.3 Å². The van der Waals surface area contributed by atoms with E-state index in [0.717, 1.165) is 11.3 Å². The molecule has 2 atom stereocenters. The predicted octanol–water partition coefficient (Wildman–Crippen LogP) is 2.12. The van der Waals surface area contributed by atoms with Crippen molar-refractivity contribution in [1.82, 2.24) is 10.3 Å². The first kappa shape index (κ1) is 14.5. The molecule has 1 amide bonds. The van der Waals surface area contributed by atoms with Crippen molar-refractivity contribution in [3.05, 3.63) is 34.7 Å². The third-order valence-electron chi connectivity index (χ3n) is 3.31. The highest BCUT2D eigenvalue weighted by atomic mass is 35.5. The SMILES string of the molecule is O=C(Nc1nc(-c2ccccc2Cl)cs1)C1CC(O)CN1. The fourth-order valence-corrected chi connectivity index (χ4v) is 3.18. The van der Waals surface area contributed by atoms with Gasteiger partial charge in [0.15, 0.2) is 5.13 Å². The molecule has 0 saturated carbocycles. The molecular weight excluding hydrogens is 310 g/mol. The lowest BCUT2D eigenvalue weighted by molar-refractivity contribution is -0.117. The molecule has 1 aliphatic heterocycles. The minimum absolute atomic E-state index is 0.174. The number of nitrogens with zero attached hydrogens (tertiary/aromatic N) is 1. The van der Waals surface area contributed by atoms with E-state index in [1.54, 1.807) is 6.07 Å². The Bertz CT molecular complexity index is 661. The van der Waals surface area contributed by atoms with Crippen LogP contribution in [0, 0.1) is 0 Å². The zero-order valence-electron chi connectivity index (χ0n) is 11.0. The Morgan fingerprint density at radius 1 is 1.48 bits per heavy atom. The Kier molecular flexibility index (Phi) is 4.21. The molecule has 3 N–H and O–H groups in total. The summed E-state index contributed by atoms with van der Waals surface area (Å²) in [5.74, 6) is -0.174. The van der Waals surface area contributed by atoms with Crippen LogP contribution in [0.15, 0.2) is 29.6 Å². The number of carbonyl (C=O) groups is 1. The maximum Gasteiger partial charge on any atom is 0.243 e. The predicted molar refractivity (Wildman–Crippen MR) is 83.6 cm³/mol. The quantitative estimate of drug-likeness (QED) is 0.809. The van der Waals surface area contributed by atoms with Crippen LogP contribution in [0.5, 0.6) is 0 Å². The number of aromatic nitrogens is 1. The molecule has 0 spiro atoms. The third-order valence-corrected chi connectivity index (χ3v) is 4.40. The molecular formula is C14H14ClN3O2S. The molecule has 21 heavy (non-hydrogen) atoms. The molecule has 2 aromatic rings. The molecule has 1 aliphatic rings. The first-order valence-corrected chi connectivity index (χ1v) is 7.82. The molecule has 3 rings (SSSR count). The highest BCUT2D eigenvalue weighted by Gasteiger charge is 2.28. The van der Waals surface area contributed by atoms with Crippen LogP contribution < -0.4 is 10.6 Å². The molecule has 1 aromatic carbocycles. The Hall–Kier alpha value is -1.47. The number of halogens is 1. The highest BCUT2D eigenvalue weighted by Crippen LogP contribution is 2.30. The fraction of sp³-hybridized carbons (Fsp3) is 0.286. The summed E-state index contributed by atoms with van der Waals surface area (Å²) in [4.78, 5) is 16.4. The summed E-state index contributed by atoms with van der Waals surface area (Å²) in [5, 5.41) is 18.2. The van der Waals surface area contributed by atoms with E-state index in [2.05, 4.69) is 15.6 Å². The van der Waals surface area contributed by atoms with Gasteiger partial charge >= 0.3 is 0 Å². The van der Waals surface area contributed by atoms with Gasteiger partial charge in [-0.1, -0.05) is 29.8 Å². The number of benzene rings is 1. The van der Waals surface area contributed by atoms with Crippen LogP contribution in [0.4, 0.5) is 5.13 Å². The number of amides is 1. The van der Waals surface area contributed by atoms with Gasteiger partial charge in [-0.15, -0.1) is 11.3 Å². The van der Waals surface area contributed by atoms with Gasteiger partial charge in [-0.3, -0.25) is 4.79 Å². The van der Waals surface area contributed by atoms with Crippen LogP contribution in [0.2, 0.25) is 5.02 Å². The Labute approximate surface area is 131 Å². The third kappa shape index (κ3) is 3.24. The largest absolute Gasteiger partial charge is 0.392 e. The standard InChI is InChI=1S/C14H14ClN3O2S/c15-10-4-2-1-3-9(10)12-7-21-14(17-12)18-13(20)11-5-8(19)6-16-11/h1-4,7-8,11,16,19H,5-6H2,(H,17,18,20). The average molecular weight is 324 g/mol. The number of aliphatic hydroxyl groups is 1. The number of anilines is 1. The van der Waals surface area contributed by atoms with E-state index in [4.69, 9.17) is 11.6 Å². The van der Waals surface area contributed by atoms with Crippen LogP contribution in [-0.2, 0) is 4.79 Å². The molecule has 110 valence electrons. The lowest BCUT2D eigenvalue weighted by atomic mass is 10.2. The summed E-state index contributed by atoms with van der Waals surface area (Å²) in [7, 11) is 0. The van der Waals surface area contributed by atoms with E-state index < -0.39 is 6.10 Å². The van der Waals surface area contributed by atoms with Crippen molar-refractivity contribution in [2.24, 2.45) is 0 Å². The Morgan fingerprint density at radius 2 is 2.29 bits per heavy atom. The molecule has 0 radical (unpaired) electrons. The monoisotopic (exact) mass is 323 g/mol. The van der Waals surface area contributed by atoms with Crippen LogP contribution in [0.3, 0.4) is 0 Å². The van der Waals surface area contributed by atoms with Crippen LogP contribution >= 0.6 is 22.9 Å². The summed E-state index contributed by atoms with van der Waals surface area (Å²) in [6, 6.07) is 7.07. The number of β-amino-alcohol motifs (C(OH)–C–C–N with tert-alkyl or cyclic N) is 1. The molecule has 5 nitrogen and oxygen atoms in total. The average Bonchev–Trinajstić information content (AvgIpc) is 3.08. The van der Waals surface area contributed by atoms with Gasteiger partial charge in [-0.25, -0.2) is 4.98 Å². The molecule has 1 aromatic heterocycles. The lowest BCUT2D eigenvalue weighted by Gasteiger charge is -2.08. The van der Waals surface area contributed by atoms with Gasteiger partial charge in [0.1, 0.15) is 0 Å². The van der Waals surface area contributed by atoms with Gasteiger partial charge in [0, 0.05) is 22.5 Å². The molecule has 1 fully saturated rings. The first-order valence-electron chi connectivity index (χ1n) is 6.56. The Morgan fingerprint density at radius 3 is 3.00 bits per heavy atom. The van der Waals surface area contributed by atoms with Crippen molar-refractivity contribution < 1.29 is 9.90 Å². The minimum atomic E-state index is -0.462. The van der Waals surface area contributed by atoms with Crippen LogP contribution in [0.1, 0.15) is 6.42 Å². The van der Waals surface area contributed by atoms with Gasteiger partial charge < -0.3 is 15.7 Å². The number of carbonyl (C=O) groups excluding carboxylic acids is 1. The normalized spacial score (nSPS) is 21.4. The van der Waals surface area contributed by atoms with E-state index in [0.29, 0.717) is 23.1 Å². The highest BCUT2D eigenvalue weighted by molar-refractivity contribution is 7.14. The van der Waals surface area contributed by atoms with Crippen molar-refractivity contribution in [3.63, 3.8) is 0 Å². The molecule has 2 heterocycles. The van der Waals surface area contributed by atoms with Gasteiger partial charge in [-0.05, 0) is 12.5 Å². The summed E-state index contributed by atoms with van der Waals surface area (Å²) in [6.07, 6.45) is -0.0371. The molecule has 0 aliphatic carbocycles. The van der Waals surface area contributed by atoms with Gasteiger partial charge in [0.05, 0.1) is 17.8 Å². The van der Waals surface area contributed by atoms with E-state index in [-0.39, 0.29) is 11.9 Å². The number of hydrogen-bond acceptors (Lipinski definition) is 5. The van der Waals surface area contributed by atoms with E-state index in [9.17, 15) is 9.90 Å². The molecule has 7 heteroatoms. The lowest BCUT2D eigenvalue weighted by Crippen LogP contribution is -2.35. The zero-order valence-corrected chi connectivity index (χ0v) is 12.6. The number of hydrogen-bond donors (Lipinski definition) is 3. The molecule has 1 saturated heterocycles. The summed E-state index contributed by atoms with van der Waals surface area (Å²) in [5.41, 5.74) is 1.57. The van der Waals surface area contributed by atoms with Gasteiger partial charge in [-0.2, -0.15) is 0 Å². The summed E-state index contributed by atoms with van der Waals surface area (Å²) >= 11 is 7.48. The maximum atomic E-state index is 12.0.